The summed E-state index contributed by atoms with van der Waals surface area (Å²) in [7, 11) is 0. The highest BCUT2D eigenvalue weighted by Crippen LogP contribution is 2.25. The molecule has 1 fully saturated rings. The van der Waals surface area contributed by atoms with Gasteiger partial charge >= 0.3 is 0 Å². The summed E-state index contributed by atoms with van der Waals surface area (Å²) in [4.78, 5) is 31.2. The molecule has 6 nitrogen and oxygen atoms in total. The normalized spacial score (nSPS) is 16.0. The molecule has 6 heteroatoms. The highest BCUT2D eigenvalue weighted by molar-refractivity contribution is 5.88. The second-order valence-corrected chi connectivity index (χ2v) is 6.76. The van der Waals surface area contributed by atoms with Crippen LogP contribution in [0.15, 0.2) is 47.3 Å². The van der Waals surface area contributed by atoms with Gasteiger partial charge in [-0.25, -0.2) is 0 Å². The highest BCUT2D eigenvalue weighted by atomic mass is 16.3. The van der Waals surface area contributed by atoms with Crippen LogP contribution in [0.2, 0.25) is 0 Å². The third kappa shape index (κ3) is 4.50. The predicted octanol–water partition coefficient (Wildman–Crippen LogP) is 3.21. The summed E-state index contributed by atoms with van der Waals surface area (Å²) in [5.74, 6) is 0.292. The Morgan fingerprint density at radius 3 is 2.69 bits per heavy atom. The van der Waals surface area contributed by atoms with E-state index >= 15 is 0 Å². The number of nitrogens with one attached hydrogen (secondary N) is 1. The average Bonchev–Trinajstić information content (AvgIpc) is 3.16. The fraction of sp³-hybridized carbons (Fsp3) is 0.450. The number of aromatic nitrogens is 1. The molecule has 0 radical (unpaired) electrons. The Kier molecular flexibility index (Phi) is 6.04. The van der Waals surface area contributed by atoms with Gasteiger partial charge < -0.3 is 14.6 Å². The minimum Gasteiger partial charge on any atom is -0.467 e. The molecule has 2 aromatic heterocycles. The Balaban J connectivity index is 1.85. The second kappa shape index (κ2) is 8.65. The van der Waals surface area contributed by atoms with Crippen LogP contribution in [0, 0.1) is 0 Å². The van der Waals surface area contributed by atoms with E-state index in [1.807, 2.05) is 6.07 Å². The standard InChI is InChI=1S/C20H25N3O3/c1-15(24)23(14-18-10-6-12-26-18)19(16-7-5-11-21-13-16)20(25)22-17-8-3-2-4-9-17/h5-7,10-13,17,19H,2-4,8-9,14H2,1H3,(H,22,25). The number of carbonyl (C=O) groups is 2. The van der Waals surface area contributed by atoms with E-state index in [0.29, 0.717) is 11.3 Å². The van der Waals surface area contributed by atoms with Gasteiger partial charge in [0, 0.05) is 30.9 Å². The van der Waals surface area contributed by atoms with Gasteiger partial charge in [0.25, 0.3) is 0 Å². The molecule has 1 saturated carbocycles. The molecular weight excluding hydrogens is 330 g/mol. The van der Waals surface area contributed by atoms with Crippen LogP contribution in [0.1, 0.15) is 56.4 Å². The number of nitrogens with zero attached hydrogens (tertiary/aromatic N) is 2. The lowest BCUT2D eigenvalue weighted by molar-refractivity contribution is -0.140. The fourth-order valence-electron chi connectivity index (χ4n) is 3.49. The molecule has 0 aliphatic heterocycles. The van der Waals surface area contributed by atoms with Gasteiger partial charge in [-0.3, -0.25) is 14.6 Å². The average molecular weight is 355 g/mol. The highest BCUT2D eigenvalue weighted by Gasteiger charge is 2.32. The van der Waals surface area contributed by atoms with Crippen LogP contribution in [0.3, 0.4) is 0 Å². The number of rotatable bonds is 6. The molecule has 0 spiro atoms. The van der Waals surface area contributed by atoms with E-state index in [1.54, 1.807) is 36.9 Å². The summed E-state index contributed by atoms with van der Waals surface area (Å²) in [6.07, 6.45) is 10.3. The largest absolute Gasteiger partial charge is 0.467 e. The molecule has 0 saturated heterocycles. The molecule has 1 N–H and O–H groups in total. The Morgan fingerprint density at radius 1 is 1.27 bits per heavy atom. The molecule has 1 aliphatic carbocycles. The van der Waals surface area contributed by atoms with Crippen molar-refractivity contribution >= 4 is 11.8 Å². The molecule has 0 aromatic carbocycles. The smallest absolute Gasteiger partial charge is 0.247 e. The van der Waals surface area contributed by atoms with Crippen LogP contribution in [0.25, 0.3) is 0 Å². The summed E-state index contributed by atoms with van der Waals surface area (Å²) < 4.78 is 5.39. The Hall–Kier alpha value is -2.63. The van der Waals surface area contributed by atoms with Crippen LogP contribution in [-0.2, 0) is 16.1 Å². The quantitative estimate of drug-likeness (QED) is 0.863. The summed E-state index contributed by atoms with van der Waals surface area (Å²) in [6, 6.07) is 6.63. The lowest BCUT2D eigenvalue weighted by Gasteiger charge is -2.32. The zero-order valence-electron chi connectivity index (χ0n) is 15.1. The molecule has 26 heavy (non-hydrogen) atoms. The SMILES string of the molecule is CC(=O)N(Cc1ccco1)C(C(=O)NC1CCCCC1)c1cccnc1. The summed E-state index contributed by atoms with van der Waals surface area (Å²) >= 11 is 0. The van der Waals surface area contributed by atoms with Gasteiger partial charge in [-0.2, -0.15) is 0 Å². The maximum absolute atomic E-state index is 13.1. The van der Waals surface area contributed by atoms with E-state index in [2.05, 4.69) is 10.3 Å². The first kappa shape index (κ1) is 18.2. The van der Waals surface area contributed by atoms with Crippen molar-refractivity contribution in [2.45, 2.75) is 57.7 Å². The lowest BCUT2D eigenvalue weighted by Crippen LogP contribution is -2.46. The molecule has 2 aromatic rings. The Morgan fingerprint density at radius 2 is 2.08 bits per heavy atom. The van der Waals surface area contributed by atoms with E-state index < -0.39 is 6.04 Å². The molecule has 2 heterocycles. The van der Waals surface area contributed by atoms with Gasteiger partial charge in [0.2, 0.25) is 11.8 Å². The zero-order valence-corrected chi connectivity index (χ0v) is 15.1. The third-order valence-electron chi connectivity index (χ3n) is 4.82. The van der Waals surface area contributed by atoms with E-state index in [4.69, 9.17) is 4.42 Å². The molecule has 0 bridgehead atoms. The molecule has 2 amide bonds. The Bertz CT molecular complexity index is 709. The summed E-state index contributed by atoms with van der Waals surface area (Å²) in [5.41, 5.74) is 0.697. The first-order valence-corrected chi connectivity index (χ1v) is 9.15. The zero-order chi connectivity index (χ0) is 18.4. The van der Waals surface area contributed by atoms with Crippen molar-refractivity contribution in [1.82, 2.24) is 15.2 Å². The number of hydrogen-bond donors (Lipinski definition) is 1. The molecule has 138 valence electrons. The second-order valence-electron chi connectivity index (χ2n) is 6.76. The van der Waals surface area contributed by atoms with Crippen molar-refractivity contribution in [3.05, 3.63) is 54.2 Å². The predicted molar refractivity (Wildman–Crippen MR) is 96.9 cm³/mol. The van der Waals surface area contributed by atoms with Crippen molar-refractivity contribution < 1.29 is 14.0 Å². The topological polar surface area (TPSA) is 75.4 Å². The maximum atomic E-state index is 13.1. The molecule has 1 aliphatic rings. The van der Waals surface area contributed by atoms with Crippen LogP contribution in [0.5, 0.6) is 0 Å². The molecule has 1 unspecified atom stereocenters. The van der Waals surface area contributed by atoms with Crippen molar-refractivity contribution in [3.8, 4) is 0 Å². The number of carbonyl (C=O) groups excluding carboxylic acids is 2. The first-order valence-electron chi connectivity index (χ1n) is 9.15. The van der Waals surface area contributed by atoms with E-state index in [0.717, 1.165) is 25.7 Å². The first-order chi connectivity index (χ1) is 12.6. The van der Waals surface area contributed by atoms with Crippen molar-refractivity contribution in [3.63, 3.8) is 0 Å². The fourth-order valence-corrected chi connectivity index (χ4v) is 3.49. The van der Waals surface area contributed by atoms with Crippen molar-refractivity contribution in [2.24, 2.45) is 0 Å². The van der Waals surface area contributed by atoms with E-state index in [1.165, 1.54) is 18.2 Å². The minimum absolute atomic E-state index is 0.161. The van der Waals surface area contributed by atoms with Crippen LogP contribution in [0.4, 0.5) is 0 Å². The molecule has 3 rings (SSSR count). The number of amides is 2. The van der Waals surface area contributed by atoms with Crippen molar-refractivity contribution in [1.29, 1.82) is 0 Å². The number of pyridine rings is 1. The van der Waals surface area contributed by atoms with Crippen LogP contribution >= 0.6 is 0 Å². The molecule has 1 atom stereocenters. The summed E-state index contributed by atoms with van der Waals surface area (Å²) in [6.45, 7) is 1.71. The maximum Gasteiger partial charge on any atom is 0.247 e. The van der Waals surface area contributed by atoms with E-state index in [9.17, 15) is 9.59 Å². The van der Waals surface area contributed by atoms with Gasteiger partial charge in [0.1, 0.15) is 11.8 Å². The number of furan rings is 1. The Labute approximate surface area is 153 Å². The van der Waals surface area contributed by atoms with Crippen LogP contribution < -0.4 is 5.32 Å². The monoisotopic (exact) mass is 355 g/mol. The number of hydrogen-bond acceptors (Lipinski definition) is 4. The minimum atomic E-state index is -0.728. The van der Waals surface area contributed by atoms with Crippen LogP contribution in [-0.4, -0.2) is 27.7 Å². The van der Waals surface area contributed by atoms with Gasteiger partial charge in [0.15, 0.2) is 0 Å². The van der Waals surface area contributed by atoms with Gasteiger partial charge in [-0.15, -0.1) is 0 Å². The van der Waals surface area contributed by atoms with Gasteiger partial charge in [-0.05, 0) is 31.0 Å². The van der Waals surface area contributed by atoms with E-state index in [-0.39, 0.29) is 24.4 Å². The van der Waals surface area contributed by atoms with Gasteiger partial charge in [0.05, 0.1) is 12.8 Å². The summed E-state index contributed by atoms with van der Waals surface area (Å²) in [5, 5.41) is 3.14. The van der Waals surface area contributed by atoms with Gasteiger partial charge in [-0.1, -0.05) is 25.3 Å². The molecular formula is C20H25N3O3. The lowest BCUT2D eigenvalue weighted by atomic mass is 9.95. The van der Waals surface area contributed by atoms with Crippen molar-refractivity contribution in [2.75, 3.05) is 0 Å². The third-order valence-corrected chi connectivity index (χ3v) is 4.82.